The Kier molecular flexibility index (Phi) is 3.87. The molecule has 0 radical (unpaired) electrons. The molecule has 4 fully saturated rings. The average Bonchev–Trinajstić information content (AvgIpc) is 2.93. The largest absolute Gasteiger partial charge is 0.415 e. The van der Waals surface area contributed by atoms with Gasteiger partial charge in [-0.05, 0) is 63.2 Å². The molecule has 1 heterocycles. The van der Waals surface area contributed by atoms with Crippen LogP contribution >= 0.6 is 11.8 Å². The fourth-order valence-electron chi connectivity index (χ4n) is 5.61. The van der Waals surface area contributed by atoms with Crippen LogP contribution in [0.25, 0.3) is 0 Å². The molecule has 4 nitrogen and oxygen atoms in total. The number of nitrogens with zero attached hydrogens (tertiary/aromatic N) is 2. The molecule has 5 rings (SSSR count). The lowest BCUT2D eigenvalue weighted by Gasteiger charge is -2.56. The third kappa shape index (κ3) is 2.83. The summed E-state index contributed by atoms with van der Waals surface area (Å²) in [6.45, 7) is 8.18. The molecule has 0 amide bonds. The third-order valence-corrected chi connectivity index (χ3v) is 7.19. The summed E-state index contributed by atoms with van der Waals surface area (Å²) >= 11 is 1.45. The van der Waals surface area contributed by atoms with Crippen molar-refractivity contribution in [3.05, 3.63) is 5.89 Å². The highest BCUT2D eigenvalue weighted by Gasteiger charge is 2.55. The molecule has 1 atom stereocenters. The topological polar surface area (TPSA) is 56.0 Å². The van der Waals surface area contributed by atoms with E-state index in [1.54, 1.807) is 0 Å². The summed E-state index contributed by atoms with van der Waals surface area (Å²) in [5.74, 6) is 3.47. The van der Waals surface area contributed by atoms with E-state index in [0.29, 0.717) is 16.9 Å². The van der Waals surface area contributed by atoms with E-state index in [1.165, 1.54) is 31.0 Å². The highest BCUT2D eigenvalue weighted by molar-refractivity contribution is 8.00. The van der Waals surface area contributed by atoms with Gasteiger partial charge in [-0.25, -0.2) is 0 Å². The molecular weight excluding hydrogens is 320 g/mol. The van der Waals surface area contributed by atoms with Gasteiger partial charge in [0.2, 0.25) is 5.89 Å². The van der Waals surface area contributed by atoms with Crippen molar-refractivity contribution in [3.63, 3.8) is 0 Å². The third-order valence-electron chi connectivity index (χ3n) is 6.26. The van der Waals surface area contributed by atoms with Gasteiger partial charge in [0.1, 0.15) is 0 Å². The molecule has 4 aliphatic rings. The van der Waals surface area contributed by atoms with Crippen LogP contribution in [0.4, 0.5) is 0 Å². The second-order valence-corrected chi connectivity index (χ2v) is 10.7. The smallest absolute Gasteiger partial charge is 0.277 e. The van der Waals surface area contributed by atoms with Gasteiger partial charge in [0.15, 0.2) is 5.78 Å². The number of carbonyl (C=O) groups excluding carboxylic acids is 1. The average molecular weight is 349 g/mol. The van der Waals surface area contributed by atoms with Gasteiger partial charge in [-0.15, -0.1) is 10.2 Å². The summed E-state index contributed by atoms with van der Waals surface area (Å²) in [6.07, 6.45) is 7.48. The lowest BCUT2D eigenvalue weighted by molar-refractivity contribution is -0.143. The number of rotatable bonds is 4. The Morgan fingerprint density at radius 3 is 2.12 bits per heavy atom. The Morgan fingerprint density at radius 2 is 1.67 bits per heavy atom. The zero-order valence-electron chi connectivity index (χ0n) is 15.2. The van der Waals surface area contributed by atoms with Gasteiger partial charge >= 0.3 is 0 Å². The van der Waals surface area contributed by atoms with Crippen LogP contribution in [0.2, 0.25) is 0 Å². The number of thioether (sulfide) groups is 1. The van der Waals surface area contributed by atoms with Gasteiger partial charge in [0.25, 0.3) is 5.22 Å². The lowest BCUT2D eigenvalue weighted by atomic mass is 9.48. The van der Waals surface area contributed by atoms with E-state index in [4.69, 9.17) is 4.42 Å². The SMILES string of the molecule is C[C@H](Sc1nnc(C(C)(C)C)o1)C(=O)C12CC3CC(CC(C3)C1)C2. The molecule has 132 valence electrons. The Bertz CT molecular complexity index is 611. The van der Waals surface area contributed by atoms with Crippen LogP contribution in [-0.4, -0.2) is 21.2 Å². The van der Waals surface area contributed by atoms with E-state index in [-0.39, 0.29) is 16.1 Å². The first-order valence-electron chi connectivity index (χ1n) is 9.30. The maximum Gasteiger partial charge on any atom is 0.277 e. The molecule has 4 saturated carbocycles. The molecule has 1 aromatic heterocycles. The van der Waals surface area contributed by atoms with E-state index in [2.05, 4.69) is 31.0 Å². The lowest BCUT2D eigenvalue weighted by Crippen LogP contribution is -2.51. The molecular formula is C19H28N2O2S. The molecule has 24 heavy (non-hydrogen) atoms. The minimum absolute atomic E-state index is 0.0476. The summed E-state index contributed by atoms with van der Waals surface area (Å²) in [5, 5.41) is 8.72. The molecule has 5 heteroatoms. The second-order valence-electron chi connectivity index (χ2n) is 9.45. The number of aromatic nitrogens is 2. The molecule has 0 spiro atoms. The van der Waals surface area contributed by atoms with Crippen molar-refractivity contribution in [3.8, 4) is 0 Å². The van der Waals surface area contributed by atoms with Crippen molar-refractivity contribution in [2.24, 2.45) is 23.2 Å². The zero-order chi connectivity index (χ0) is 17.1. The number of ketones is 1. The zero-order valence-corrected chi connectivity index (χ0v) is 16.0. The fourth-order valence-corrected chi connectivity index (χ4v) is 6.48. The number of hydrogen-bond donors (Lipinski definition) is 0. The number of hydrogen-bond acceptors (Lipinski definition) is 5. The van der Waals surface area contributed by atoms with E-state index in [0.717, 1.165) is 37.0 Å². The molecule has 1 aromatic rings. The second kappa shape index (κ2) is 5.58. The van der Waals surface area contributed by atoms with Crippen molar-refractivity contribution in [2.75, 3.05) is 0 Å². The summed E-state index contributed by atoms with van der Waals surface area (Å²) < 4.78 is 5.78. The highest BCUT2D eigenvalue weighted by Crippen LogP contribution is 2.61. The fraction of sp³-hybridized carbons (Fsp3) is 0.842. The van der Waals surface area contributed by atoms with Gasteiger partial charge in [-0.1, -0.05) is 32.5 Å². The number of carbonyl (C=O) groups is 1. The Balaban J connectivity index is 1.47. The molecule has 0 aliphatic heterocycles. The molecule has 4 aliphatic carbocycles. The van der Waals surface area contributed by atoms with Gasteiger partial charge < -0.3 is 4.42 Å². The van der Waals surface area contributed by atoms with Crippen LogP contribution in [-0.2, 0) is 10.2 Å². The first-order chi connectivity index (χ1) is 11.2. The maximum atomic E-state index is 13.3. The highest BCUT2D eigenvalue weighted by atomic mass is 32.2. The predicted octanol–water partition coefficient (Wildman–Crippen LogP) is 4.63. The first-order valence-corrected chi connectivity index (χ1v) is 10.2. The molecule has 0 aromatic carbocycles. The van der Waals surface area contributed by atoms with Crippen LogP contribution in [0.5, 0.6) is 0 Å². The summed E-state index contributed by atoms with van der Waals surface area (Å²) in [4.78, 5) is 13.3. The van der Waals surface area contributed by atoms with Gasteiger partial charge in [-0.3, -0.25) is 4.79 Å². The van der Waals surface area contributed by atoms with Crippen LogP contribution in [0, 0.1) is 23.2 Å². The van der Waals surface area contributed by atoms with Crippen molar-refractivity contribution < 1.29 is 9.21 Å². The normalized spacial score (nSPS) is 36.1. The van der Waals surface area contributed by atoms with Gasteiger partial charge in [0.05, 0.1) is 5.25 Å². The van der Waals surface area contributed by atoms with Crippen LogP contribution in [0.1, 0.15) is 72.1 Å². The Hall–Kier alpha value is -0.840. The maximum absolute atomic E-state index is 13.3. The molecule has 4 bridgehead atoms. The predicted molar refractivity (Wildman–Crippen MR) is 93.9 cm³/mol. The summed E-state index contributed by atoms with van der Waals surface area (Å²) in [7, 11) is 0. The molecule has 0 saturated heterocycles. The molecule has 0 N–H and O–H groups in total. The summed E-state index contributed by atoms with van der Waals surface area (Å²) in [5.41, 5.74) is -0.201. The van der Waals surface area contributed by atoms with Crippen molar-refractivity contribution in [1.82, 2.24) is 10.2 Å². The van der Waals surface area contributed by atoms with Crippen LogP contribution in [0.15, 0.2) is 9.64 Å². The van der Waals surface area contributed by atoms with Gasteiger partial charge in [0, 0.05) is 10.8 Å². The Morgan fingerprint density at radius 1 is 1.12 bits per heavy atom. The van der Waals surface area contributed by atoms with Crippen molar-refractivity contribution in [2.45, 2.75) is 82.1 Å². The van der Waals surface area contributed by atoms with Crippen molar-refractivity contribution in [1.29, 1.82) is 0 Å². The van der Waals surface area contributed by atoms with E-state index < -0.39 is 0 Å². The van der Waals surface area contributed by atoms with Gasteiger partial charge in [-0.2, -0.15) is 0 Å². The quantitative estimate of drug-likeness (QED) is 0.742. The standard InChI is InChI=1S/C19H28N2O2S/c1-11(24-17-21-20-16(23-17)18(2,3)4)15(22)19-8-12-5-13(9-19)7-14(6-12)10-19/h11-14H,5-10H2,1-4H3/t11-,12?,13?,14?,19?/m0/s1. The Labute approximate surface area is 148 Å². The number of Topliss-reactive ketones (excluding diaryl/α,β-unsaturated/α-hetero) is 1. The van der Waals surface area contributed by atoms with E-state index in [1.807, 2.05) is 6.92 Å². The minimum Gasteiger partial charge on any atom is -0.415 e. The monoisotopic (exact) mass is 348 g/mol. The van der Waals surface area contributed by atoms with E-state index >= 15 is 0 Å². The summed E-state index contributed by atoms with van der Waals surface area (Å²) in [6, 6.07) is 0. The first kappa shape index (κ1) is 16.6. The van der Waals surface area contributed by atoms with E-state index in [9.17, 15) is 4.79 Å². The van der Waals surface area contributed by atoms with Crippen LogP contribution < -0.4 is 0 Å². The minimum atomic E-state index is -0.154. The van der Waals surface area contributed by atoms with Crippen LogP contribution in [0.3, 0.4) is 0 Å². The van der Waals surface area contributed by atoms with Crippen molar-refractivity contribution >= 4 is 17.5 Å². The molecule has 0 unspecified atom stereocenters.